The molecule has 3 aromatic carbocycles. The number of hydrogen-bond acceptors (Lipinski definition) is 2. The fourth-order valence-corrected chi connectivity index (χ4v) is 3.22. The minimum absolute atomic E-state index is 0.110. The van der Waals surface area contributed by atoms with Gasteiger partial charge in [0.15, 0.2) is 11.6 Å². The van der Waals surface area contributed by atoms with Crippen molar-refractivity contribution in [3.8, 4) is 5.75 Å². The van der Waals surface area contributed by atoms with Gasteiger partial charge in [0.1, 0.15) is 5.82 Å². The van der Waals surface area contributed by atoms with Gasteiger partial charge in [0.05, 0.1) is 12.6 Å². The molecule has 0 fully saturated rings. The molecule has 0 spiro atoms. The summed E-state index contributed by atoms with van der Waals surface area (Å²) in [5.41, 5.74) is 8.87. The van der Waals surface area contributed by atoms with Crippen LogP contribution in [-0.2, 0) is 12.0 Å². The molecule has 0 aliphatic carbocycles. The lowest BCUT2D eigenvalue weighted by atomic mass is 9.78. The summed E-state index contributed by atoms with van der Waals surface area (Å²) in [6, 6.07) is 19.0. The van der Waals surface area contributed by atoms with Gasteiger partial charge in [0.25, 0.3) is 0 Å². The number of ether oxygens (including phenoxy) is 1. The van der Waals surface area contributed by atoms with Crippen LogP contribution in [0.5, 0.6) is 5.75 Å². The third kappa shape index (κ3) is 3.60. The average Bonchev–Trinajstić information content (AvgIpc) is 2.62. The smallest absolute Gasteiger partial charge is 0.165 e. The maximum Gasteiger partial charge on any atom is 0.165 e. The van der Waals surface area contributed by atoms with Gasteiger partial charge >= 0.3 is 0 Å². The molecule has 26 heavy (non-hydrogen) atoms. The summed E-state index contributed by atoms with van der Waals surface area (Å²) in [5.74, 6) is -0.704. The molecule has 3 aromatic rings. The third-order valence-electron chi connectivity index (χ3n) is 4.55. The normalized spacial score (nSPS) is 13.3. The quantitative estimate of drug-likeness (QED) is 0.720. The Morgan fingerprint density at radius 3 is 2.31 bits per heavy atom. The Morgan fingerprint density at radius 1 is 0.923 bits per heavy atom. The summed E-state index contributed by atoms with van der Waals surface area (Å²) in [6.45, 7) is 1.82. The van der Waals surface area contributed by atoms with Crippen molar-refractivity contribution in [3.05, 3.63) is 101 Å². The summed E-state index contributed by atoms with van der Waals surface area (Å²) in [4.78, 5) is 0. The molecule has 134 valence electrons. The summed E-state index contributed by atoms with van der Waals surface area (Å²) in [5, 5.41) is 0. The molecule has 3 rings (SSSR count). The zero-order valence-electron chi connectivity index (χ0n) is 14.8. The summed E-state index contributed by atoms with van der Waals surface area (Å²) >= 11 is 0. The molecule has 0 aromatic heterocycles. The minimum atomic E-state index is -1.03. The molecule has 0 saturated carbocycles. The van der Waals surface area contributed by atoms with E-state index in [-0.39, 0.29) is 11.6 Å². The monoisotopic (exact) mass is 353 g/mol. The molecule has 0 amide bonds. The molecule has 1 atom stereocenters. The van der Waals surface area contributed by atoms with Gasteiger partial charge in [-0.1, -0.05) is 42.5 Å². The lowest BCUT2D eigenvalue weighted by molar-refractivity contribution is 0.384. The highest BCUT2D eigenvalue weighted by atomic mass is 19.1. The van der Waals surface area contributed by atoms with E-state index in [1.165, 1.54) is 25.3 Å². The van der Waals surface area contributed by atoms with Crippen molar-refractivity contribution >= 4 is 0 Å². The standard InChI is InChI=1S/C22H21F2NO/c1-15-10-18(12-19(23)11-15)22(25,14-16-6-4-3-5-7-16)17-8-9-20(24)21(13-17)26-2/h3-13H,14,25H2,1-2H3/t22-/m0/s1. The number of nitrogens with two attached hydrogens (primary N) is 1. The van der Waals surface area contributed by atoms with Gasteiger partial charge in [0.2, 0.25) is 0 Å². The van der Waals surface area contributed by atoms with E-state index in [1.807, 2.05) is 43.3 Å². The van der Waals surface area contributed by atoms with Crippen LogP contribution in [0.3, 0.4) is 0 Å². The molecule has 0 unspecified atom stereocenters. The maximum atomic E-state index is 14.1. The van der Waals surface area contributed by atoms with Crippen LogP contribution in [0.1, 0.15) is 22.3 Å². The van der Waals surface area contributed by atoms with Crippen LogP contribution in [0.4, 0.5) is 8.78 Å². The summed E-state index contributed by atoms with van der Waals surface area (Å²) < 4.78 is 33.1. The van der Waals surface area contributed by atoms with E-state index >= 15 is 0 Å². The molecule has 0 heterocycles. The first-order chi connectivity index (χ1) is 12.4. The molecule has 2 N–H and O–H groups in total. The topological polar surface area (TPSA) is 35.2 Å². The van der Waals surface area contributed by atoms with Crippen LogP contribution in [0.15, 0.2) is 66.7 Å². The fraction of sp³-hybridized carbons (Fsp3) is 0.182. The van der Waals surface area contributed by atoms with Crippen molar-refractivity contribution in [1.29, 1.82) is 0 Å². The van der Waals surface area contributed by atoms with E-state index in [9.17, 15) is 8.78 Å². The highest BCUT2D eigenvalue weighted by Gasteiger charge is 2.31. The number of aryl methyl sites for hydroxylation is 1. The Labute approximate surface area is 152 Å². The Balaban J connectivity index is 2.18. The van der Waals surface area contributed by atoms with E-state index < -0.39 is 11.4 Å². The van der Waals surface area contributed by atoms with Crippen molar-refractivity contribution in [2.24, 2.45) is 5.73 Å². The highest BCUT2D eigenvalue weighted by molar-refractivity contribution is 5.45. The molecule has 2 nitrogen and oxygen atoms in total. The van der Waals surface area contributed by atoms with Crippen LogP contribution >= 0.6 is 0 Å². The molecule has 0 bridgehead atoms. The third-order valence-corrected chi connectivity index (χ3v) is 4.55. The second-order valence-electron chi connectivity index (χ2n) is 6.50. The molecule has 4 heteroatoms. The number of hydrogen-bond donors (Lipinski definition) is 1. The number of rotatable bonds is 5. The predicted molar refractivity (Wildman–Crippen MR) is 99.2 cm³/mol. The second kappa shape index (κ2) is 7.26. The molecule has 0 aliphatic heterocycles. The fourth-order valence-electron chi connectivity index (χ4n) is 3.22. The lowest BCUT2D eigenvalue weighted by Gasteiger charge is -2.32. The van der Waals surface area contributed by atoms with Crippen LogP contribution in [0.25, 0.3) is 0 Å². The van der Waals surface area contributed by atoms with Gasteiger partial charge in [-0.2, -0.15) is 0 Å². The Kier molecular flexibility index (Phi) is 5.05. The largest absolute Gasteiger partial charge is 0.494 e. The SMILES string of the molecule is COc1cc([C@@](N)(Cc2ccccc2)c2cc(C)cc(F)c2)ccc1F. The van der Waals surface area contributed by atoms with Crippen molar-refractivity contribution in [3.63, 3.8) is 0 Å². The second-order valence-corrected chi connectivity index (χ2v) is 6.50. The molecule has 0 aliphatic rings. The van der Waals surface area contributed by atoms with Gasteiger partial charge in [0, 0.05) is 0 Å². The Hall–Kier alpha value is -2.72. The number of benzene rings is 3. The van der Waals surface area contributed by atoms with Crippen molar-refractivity contribution < 1.29 is 13.5 Å². The van der Waals surface area contributed by atoms with Gasteiger partial charge < -0.3 is 10.5 Å². The van der Waals surface area contributed by atoms with Crippen LogP contribution in [0, 0.1) is 18.6 Å². The van der Waals surface area contributed by atoms with Gasteiger partial charge in [-0.25, -0.2) is 8.78 Å². The van der Waals surface area contributed by atoms with Crippen LogP contribution in [0.2, 0.25) is 0 Å². The van der Waals surface area contributed by atoms with Crippen molar-refractivity contribution in [2.75, 3.05) is 7.11 Å². The number of halogens is 2. The van der Waals surface area contributed by atoms with Gasteiger partial charge in [-0.3, -0.25) is 0 Å². The van der Waals surface area contributed by atoms with Gasteiger partial charge in [-0.05, 0) is 59.9 Å². The lowest BCUT2D eigenvalue weighted by Crippen LogP contribution is -2.40. The van der Waals surface area contributed by atoms with E-state index in [0.29, 0.717) is 17.5 Å². The predicted octanol–water partition coefficient (Wildman–Crippen LogP) is 4.73. The molecular weight excluding hydrogens is 332 g/mol. The Morgan fingerprint density at radius 2 is 1.65 bits per heavy atom. The molecular formula is C22H21F2NO. The molecule has 0 saturated heterocycles. The first-order valence-corrected chi connectivity index (χ1v) is 8.37. The first kappa shape index (κ1) is 18.1. The van der Waals surface area contributed by atoms with E-state index in [0.717, 1.165) is 11.1 Å². The van der Waals surface area contributed by atoms with Crippen LogP contribution in [-0.4, -0.2) is 7.11 Å². The maximum absolute atomic E-state index is 14.1. The van der Waals surface area contributed by atoms with E-state index in [1.54, 1.807) is 12.1 Å². The summed E-state index contributed by atoms with van der Waals surface area (Å²) in [6.07, 6.45) is 0.436. The first-order valence-electron chi connectivity index (χ1n) is 8.37. The average molecular weight is 353 g/mol. The summed E-state index contributed by atoms with van der Waals surface area (Å²) in [7, 11) is 1.41. The van der Waals surface area contributed by atoms with E-state index in [2.05, 4.69) is 0 Å². The van der Waals surface area contributed by atoms with E-state index in [4.69, 9.17) is 10.5 Å². The van der Waals surface area contributed by atoms with Crippen molar-refractivity contribution in [2.45, 2.75) is 18.9 Å². The molecule has 0 radical (unpaired) electrons. The Bertz CT molecular complexity index is 891. The zero-order chi connectivity index (χ0) is 18.7. The van der Waals surface area contributed by atoms with Crippen LogP contribution < -0.4 is 10.5 Å². The van der Waals surface area contributed by atoms with Gasteiger partial charge in [-0.15, -0.1) is 0 Å². The highest BCUT2D eigenvalue weighted by Crippen LogP contribution is 2.34. The zero-order valence-corrected chi connectivity index (χ0v) is 14.8. The minimum Gasteiger partial charge on any atom is -0.494 e. The van der Waals surface area contributed by atoms with Crippen molar-refractivity contribution in [1.82, 2.24) is 0 Å². The number of methoxy groups -OCH3 is 1.